The highest BCUT2D eigenvalue weighted by Crippen LogP contribution is 2.36. The number of hydrogen-bond acceptors (Lipinski definition) is 2. The molecule has 1 aliphatic carbocycles. The van der Waals surface area contributed by atoms with Gasteiger partial charge < -0.3 is 0 Å². The second-order valence-electron chi connectivity index (χ2n) is 4.89. The summed E-state index contributed by atoms with van der Waals surface area (Å²) in [7, 11) is 0. The molecule has 2 rings (SSSR count). The van der Waals surface area contributed by atoms with Gasteiger partial charge in [-0.2, -0.15) is 5.26 Å². The molecule has 0 spiro atoms. The van der Waals surface area contributed by atoms with E-state index in [0.29, 0.717) is 5.56 Å². The Labute approximate surface area is 108 Å². The van der Waals surface area contributed by atoms with Crippen molar-refractivity contribution in [2.24, 2.45) is 5.41 Å². The summed E-state index contributed by atoms with van der Waals surface area (Å²) in [5.74, 6) is -0.0178. The van der Waals surface area contributed by atoms with Crippen LogP contribution in [0, 0.1) is 16.7 Å². The van der Waals surface area contributed by atoms with Crippen molar-refractivity contribution in [2.75, 3.05) is 0 Å². The van der Waals surface area contributed by atoms with E-state index in [2.05, 4.69) is 6.07 Å². The van der Waals surface area contributed by atoms with Gasteiger partial charge in [0.05, 0.1) is 11.5 Å². The van der Waals surface area contributed by atoms with Gasteiger partial charge in [-0.1, -0.05) is 55.7 Å². The Morgan fingerprint density at radius 1 is 1.17 bits per heavy atom. The summed E-state index contributed by atoms with van der Waals surface area (Å²) in [6, 6.07) is 11.6. The predicted molar refractivity (Wildman–Crippen MR) is 71.0 cm³/mol. The van der Waals surface area contributed by atoms with Crippen molar-refractivity contribution < 1.29 is 4.79 Å². The van der Waals surface area contributed by atoms with Crippen molar-refractivity contribution in [3.63, 3.8) is 0 Å². The molecule has 1 fully saturated rings. The van der Waals surface area contributed by atoms with Crippen LogP contribution in [0.25, 0.3) is 0 Å². The number of ketones is 1. The zero-order chi connectivity index (χ0) is 12.8. The molecule has 0 radical (unpaired) electrons. The first-order chi connectivity index (χ1) is 8.76. The van der Waals surface area contributed by atoms with Crippen LogP contribution in [0.3, 0.4) is 0 Å². The van der Waals surface area contributed by atoms with E-state index >= 15 is 0 Å². The zero-order valence-corrected chi connectivity index (χ0v) is 10.4. The van der Waals surface area contributed by atoms with Gasteiger partial charge in [0.15, 0.2) is 5.78 Å². The van der Waals surface area contributed by atoms with Gasteiger partial charge in [-0.3, -0.25) is 4.79 Å². The van der Waals surface area contributed by atoms with Gasteiger partial charge in [-0.15, -0.1) is 0 Å². The van der Waals surface area contributed by atoms with Gasteiger partial charge in [0.25, 0.3) is 0 Å². The lowest BCUT2D eigenvalue weighted by atomic mass is 9.75. The van der Waals surface area contributed by atoms with Crippen molar-refractivity contribution in [3.8, 4) is 6.07 Å². The predicted octanol–water partition coefficient (Wildman–Crippen LogP) is 3.90. The van der Waals surface area contributed by atoms with Crippen LogP contribution in [0.4, 0.5) is 0 Å². The summed E-state index contributed by atoms with van der Waals surface area (Å²) < 4.78 is 0. The number of nitriles is 1. The highest BCUT2D eigenvalue weighted by Gasteiger charge is 2.29. The molecular formula is C16H17NO. The average molecular weight is 239 g/mol. The third-order valence-corrected chi connectivity index (χ3v) is 3.58. The second-order valence-corrected chi connectivity index (χ2v) is 4.89. The Kier molecular flexibility index (Phi) is 3.94. The summed E-state index contributed by atoms with van der Waals surface area (Å²) in [6.45, 7) is 0. The monoisotopic (exact) mass is 239 g/mol. The third-order valence-electron chi connectivity index (χ3n) is 3.58. The molecule has 1 saturated carbocycles. The van der Waals surface area contributed by atoms with Gasteiger partial charge >= 0.3 is 0 Å². The van der Waals surface area contributed by atoms with Crippen LogP contribution in [0.5, 0.6) is 0 Å². The fourth-order valence-corrected chi connectivity index (χ4v) is 2.43. The number of carbonyl (C=O) groups is 1. The smallest absolute Gasteiger partial charge is 0.185 e. The standard InChI is InChI=1S/C16H17NO/c17-13-16(10-5-2-6-11-16)12-9-15(18)14-7-3-1-4-8-14/h1,3-4,7-9,12H,2,5-6,10-11H2/b12-9+. The molecule has 92 valence electrons. The third kappa shape index (κ3) is 2.87. The first-order valence-corrected chi connectivity index (χ1v) is 6.46. The van der Waals surface area contributed by atoms with Crippen molar-refractivity contribution in [1.29, 1.82) is 5.26 Å². The molecule has 0 atom stereocenters. The number of rotatable bonds is 3. The molecule has 18 heavy (non-hydrogen) atoms. The molecule has 0 amide bonds. The molecule has 0 heterocycles. The minimum atomic E-state index is -0.414. The van der Waals surface area contributed by atoms with E-state index < -0.39 is 5.41 Å². The molecule has 0 saturated heterocycles. The molecule has 0 unspecified atom stereocenters. The Hall–Kier alpha value is -1.88. The summed E-state index contributed by atoms with van der Waals surface area (Å²) in [6.07, 6.45) is 8.51. The number of carbonyl (C=O) groups excluding carboxylic acids is 1. The van der Waals surface area contributed by atoms with Crippen LogP contribution in [-0.2, 0) is 0 Å². The summed E-state index contributed by atoms with van der Waals surface area (Å²) >= 11 is 0. The lowest BCUT2D eigenvalue weighted by molar-refractivity contribution is 0.104. The first kappa shape index (κ1) is 12.6. The van der Waals surface area contributed by atoms with Crippen molar-refractivity contribution in [3.05, 3.63) is 48.0 Å². The van der Waals surface area contributed by atoms with Crippen LogP contribution in [0.2, 0.25) is 0 Å². The molecule has 0 aromatic heterocycles. The quantitative estimate of drug-likeness (QED) is 0.593. The van der Waals surface area contributed by atoms with E-state index in [0.717, 1.165) is 25.7 Å². The van der Waals surface area contributed by atoms with Crippen molar-refractivity contribution >= 4 is 5.78 Å². The molecule has 0 bridgehead atoms. The van der Waals surface area contributed by atoms with Crippen molar-refractivity contribution in [1.82, 2.24) is 0 Å². The average Bonchev–Trinajstić information content (AvgIpc) is 2.47. The largest absolute Gasteiger partial charge is 0.289 e. The highest BCUT2D eigenvalue weighted by atomic mass is 16.1. The maximum Gasteiger partial charge on any atom is 0.185 e. The van der Waals surface area contributed by atoms with Crippen LogP contribution in [0.15, 0.2) is 42.5 Å². The number of benzene rings is 1. The Morgan fingerprint density at radius 2 is 1.83 bits per heavy atom. The number of hydrogen-bond donors (Lipinski definition) is 0. The normalized spacial score (nSPS) is 18.4. The molecule has 1 aromatic rings. The van der Waals surface area contributed by atoms with Crippen LogP contribution in [0.1, 0.15) is 42.5 Å². The molecular weight excluding hydrogens is 222 g/mol. The molecule has 2 nitrogen and oxygen atoms in total. The Balaban J connectivity index is 2.10. The van der Waals surface area contributed by atoms with E-state index in [4.69, 9.17) is 0 Å². The fraction of sp³-hybridized carbons (Fsp3) is 0.375. The number of nitrogens with zero attached hydrogens (tertiary/aromatic N) is 1. The summed E-state index contributed by atoms with van der Waals surface area (Å²) in [5, 5.41) is 9.31. The highest BCUT2D eigenvalue weighted by molar-refractivity contribution is 6.04. The topological polar surface area (TPSA) is 40.9 Å². The Bertz CT molecular complexity index is 476. The molecule has 0 N–H and O–H groups in total. The van der Waals surface area contributed by atoms with Crippen molar-refractivity contribution in [2.45, 2.75) is 32.1 Å². The van der Waals surface area contributed by atoms with Gasteiger partial charge in [-0.05, 0) is 18.9 Å². The number of allylic oxidation sites excluding steroid dienone is 2. The van der Waals surface area contributed by atoms with E-state index in [1.165, 1.54) is 6.42 Å². The summed E-state index contributed by atoms with van der Waals surface area (Å²) in [5.41, 5.74) is 0.264. The maximum absolute atomic E-state index is 11.9. The van der Waals surface area contributed by atoms with Gasteiger partial charge in [-0.25, -0.2) is 0 Å². The van der Waals surface area contributed by atoms with E-state index in [-0.39, 0.29) is 5.78 Å². The SMILES string of the molecule is N#CC1(/C=C/C(=O)c2ccccc2)CCCCC1. The lowest BCUT2D eigenvalue weighted by Crippen LogP contribution is -2.19. The maximum atomic E-state index is 11.9. The minimum absolute atomic E-state index is 0.0178. The zero-order valence-electron chi connectivity index (χ0n) is 10.4. The van der Waals surface area contributed by atoms with Gasteiger partial charge in [0.2, 0.25) is 0 Å². The van der Waals surface area contributed by atoms with Gasteiger partial charge in [0.1, 0.15) is 0 Å². The fourth-order valence-electron chi connectivity index (χ4n) is 2.43. The van der Waals surface area contributed by atoms with Crippen LogP contribution in [-0.4, -0.2) is 5.78 Å². The van der Waals surface area contributed by atoms with E-state index in [9.17, 15) is 10.1 Å². The van der Waals surface area contributed by atoms with Gasteiger partial charge in [0, 0.05) is 5.56 Å². The lowest BCUT2D eigenvalue weighted by Gasteiger charge is -2.27. The first-order valence-electron chi connectivity index (χ1n) is 6.46. The van der Waals surface area contributed by atoms with Crippen LogP contribution >= 0.6 is 0 Å². The molecule has 2 heteroatoms. The summed E-state index contributed by atoms with van der Waals surface area (Å²) in [4.78, 5) is 11.9. The minimum Gasteiger partial charge on any atom is -0.289 e. The Morgan fingerprint density at radius 3 is 2.44 bits per heavy atom. The molecule has 1 aliphatic rings. The van der Waals surface area contributed by atoms with Crippen LogP contribution < -0.4 is 0 Å². The van der Waals surface area contributed by atoms with E-state index in [1.54, 1.807) is 18.2 Å². The molecule has 0 aliphatic heterocycles. The molecule has 1 aromatic carbocycles. The van der Waals surface area contributed by atoms with E-state index in [1.807, 2.05) is 24.3 Å². The second kappa shape index (κ2) is 5.64.